The maximum absolute atomic E-state index is 13.3. The molecule has 154 valence electrons. The molecule has 11 atom stereocenters. The number of aliphatic hydroxyl groups excluding tert-OH is 2. The van der Waals surface area contributed by atoms with Gasteiger partial charge in [-0.2, -0.15) is 0 Å². The van der Waals surface area contributed by atoms with Crippen LogP contribution < -0.4 is 0 Å². The minimum absolute atomic E-state index is 0.0174. The molecule has 2 saturated carbocycles. The summed E-state index contributed by atoms with van der Waals surface area (Å²) in [4.78, 5) is 25.8. The zero-order chi connectivity index (χ0) is 20.0. The predicted octanol–water partition coefficient (Wildman–Crippen LogP) is -0.0110. The van der Waals surface area contributed by atoms with Crippen molar-refractivity contribution in [3.8, 4) is 0 Å². The lowest BCUT2D eigenvalue weighted by molar-refractivity contribution is -0.207. The molecule has 8 nitrogen and oxygen atoms in total. The molecule has 0 bridgehead atoms. The maximum Gasteiger partial charge on any atom is 0.340 e. The highest BCUT2D eigenvalue weighted by Crippen LogP contribution is 2.83. The van der Waals surface area contributed by atoms with Crippen molar-refractivity contribution in [3.63, 3.8) is 0 Å². The van der Waals surface area contributed by atoms with Gasteiger partial charge in [0.05, 0.1) is 42.2 Å². The number of carbonyl (C=O) groups excluding carboxylic acids is 2. The van der Waals surface area contributed by atoms with Gasteiger partial charge >= 0.3 is 11.9 Å². The molecule has 0 amide bonds. The Labute approximate surface area is 162 Å². The van der Waals surface area contributed by atoms with Gasteiger partial charge < -0.3 is 29.2 Å². The molecule has 6 rings (SSSR count). The van der Waals surface area contributed by atoms with Gasteiger partial charge in [0.15, 0.2) is 5.60 Å². The van der Waals surface area contributed by atoms with E-state index >= 15 is 0 Å². The number of ether oxygens (including phenoxy) is 4. The van der Waals surface area contributed by atoms with Gasteiger partial charge in [0.25, 0.3) is 0 Å². The van der Waals surface area contributed by atoms with Crippen LogP contribution in [0.2, 0.25) is 0 Å². The third-order valence-electron chi connectivity index (χ3n) is 8.67. The van der Waals surface area contributed by atoms with E-state index in [4.69, 9.17) is 18.9 Å². The summed E-state index contributed by atoms with van der Waals surface area (Å²) in [7, 11) is 0. The van der Waals surface area contributed by atoms with Crippen LogP contribution in [0.15, 0.2) is 0 Å². The van der Waals surface area contributed by atoms with Crippen molar-refractivity contribution in [2.75, 3.05) is 6.61 Å². The molecule has 8 heteroatoms. The maximum atomic E-state index is 13.3. The van der Waals surface area contributed by atoms with E-state index in [1.54, 1.807) is 0 Å². The van der Waals surface area contributed by atoms with Crippen molar-refractivity contribution in [1.82, 2.24) is 0 Å². The zero-order valence-corrected chi connectivity index (χ0v) is 16.4. The summed E-state index contributed by atoms with van der Waals surface area (Å²) in [6, 6.07) is 0. The number of carbonyl (C=O) groups is 2. The Bertz CT molecular complexity index is 805. The Balaban J connectivity index is 1.69. The van der Waals surface area contributed by atoms with Crippen molar-refractivity contribution >= 4 is 11.9 Å². The highest BCUT2D eigenvalue weighted by Gasteiger charge is 2.99. The molecule has 0 radical (unpaired) electrons. The minimum atomic E-state index is -1.47. The molecule has 0 aromatic carbocycles. The molecule has 2 N–H and O–H groups in total. The topological polar surface area (TPSA) is 112 Å². The second-order valence-corrected chi connectivity index (χ2v) is 10.7. The van der Waals surface area contributed by atoms with Crippen LogP contribution in [0.4, 0.5) is 0 Å². The number of aliphatic hydroxyl groups is 2. The van der Waals surface area contributed by atoms with Gasteiger partial charge in [0.2, 0.25) is 6.29 Å². The molecule has 4 aliphatic heterocycles. The first-order valence-corrected chi connectivity index (χ1v) is 10.1. The largest absolute Gasteiger partial charge is 0.457 e. The summed E-state index contributed by atoms with van der Waals surface area (Å²) in [5.74, 6) is -1.92. The number of esters is 2. The van der Waals surface area contributed by atoms with Gasteiger partial charge in [0.1, 0.15) is 6.10 Å². The molecule has 4 heterocycles. The Morgan fingerprint density at radius 3 is 2.54 bits per heavy atom. The lowest BCUT2D eigenvalue weighted by atomic mass is 9.52. The van der Waals surface area contributed by atoms with E-state index in [0.29, 0.717) is 6.61 Å². The third-order valence-corrected chi connectivity index (χ3v) is 8.67. The van der Waals surface area contributed by atoms with Crippen molar-refractivity contribution in [2.24, 2.45) is 34.0 Å². The molecule has 6 fully saturated rings. The number of fused-ring (bicyclic) bond motifs is 1. The average molecular weight is 394 g/mol. The first-order valence-electron chi connectivity index (χ1n) is 10.1. The summed E-state index contributed by atoms with van der Waals surface area (Å²) in [5, 5.41) is 23.1. The van der Waals surface area contributed by atoms with Crippen LogP contribution in [-0.2, 0) is 28.5 Å². The molecule has 0 aromatic heterocycles. The van der Waals surface area contributed by atoms with Gasteiger partial charge in [-0.15, -0.1) is 0 Å². The normalized spacial score (nSPS) is 61.1. The summed E-state index contributed by atoms with van der Waals surface area (Å²) in [6.45, 7) is 8.33. The summed E-state index contributed by atoms with van der Waals surface area (Å²) in [6.07, 6.45) is -4.68. The zero-order valence-electron chi connectivity index (χ0n) is 16.4. The highest BCUT2D eigenvalue weighted by atomic mass is 16.7. The Hall–Kier alpha value is -1.22. The Kier molecular flexibility index (Phi) is 2.88. The van der Waals surface area contributed by atoms with E-state index in [2.05, 4.69) is 0 Å². The van der Waals surface area contributed by atoms with Crippen molar-refractivity contribution < 1.29 is 38.7 Å². The lowest BCUT2D eigenvalue weighted by Gasteiger charge is -2.46. The van der Waals surface area contributed by atoms with E-state index in [1.165, 1.54) is 0 Å². The van der Waals surface area contributed by atoms with Gasteiger partial charge in [-0.1, -0.05) is 27.7 Å². The molecule has 6 aliphatic rings. The Morgan fingerprint density at radius 2 is 1.86 bits per heavy atom. The SMILES string of the molecule is C[C@@H]1COC2[C@H]1C13O[C@@H]4OC(=O)CC45[C@H](C(C)(C)C)[C@@H](O)C(OC1=O)C35[C@H]2O. The fourth-order valence-corrected chi connectivity index (χ4v) is 8.40. The molecule has 4 saturated heterocycles. The van der Waals surface area contributed by atoms with Crippen molar-refractivity contribution in [1.29, 1.82) is 0 Å². The van der Waals surface area contributed by atoms with E-state index in [1.807, 2.05) is 27.7 Å². The molecule has 2 aliphatic carbocycles. The van der Waals surface area contributed by atoms with Crippen LogP contribution in [-0.4, -0.2) is 65.1 Å². The van der Waals surface area contributed by atoms with Crippen LogP contribution >= 0.6 is 0 Å². The van der Waals surface area contributed by atoms with Crippen molar-refractivity contribution in [2.45, 2.75) is 70.4 Å². The smallest absolute Gasteiger partial charge is 0.340 e. The quantitative estimate of drug-likeness (QED) is 0.552. The fraction of sp³-hybridized carbons (Fsp3) is 0.900. The van der Waals surface area contributed by atoms with E-state index in [9.17, 15) is 19.8 Å². The molecule has 28 heavy (non-hydrogen) atoms. The average Bonchev–Trinajstić information content (AvgIpc) is 3.30. The number of rotatable bonds is 0. The Morgan fingerprint density at radius 1 is 1.14 bits per heavy atom. The number of hydrogen-bond donors (Lipinski definition) is 2. The van der Waals surface area contributed by atoms with E-state index in [-0.39, 0.29) is 12.3 Å². The first kappa shape index (κ1) is 17.6. The summed E-state index contributed by atoms with van der Waals surface area (Å²) in [5.41, 5.74) is -4.23. The second kappa shape index (κ2) is 4.58. The molecular formula is C20H26O8. The van der Waals surface area contributed by atoms with Crippen LogP contribution in [0.1, 0.15) is 34.1 Å². The van der Waals surface area contributed by atoms with Gasteiger partial charge in [0, 0.05) is 11.8 Å². The summed E-state index contributed by atoms with van der Waals surface area (Å²) < 4.78 is 23.7. The van der Waals surface area contributed by atoms with Gasteiger partial charge in [-0.05, 0) is 11.3 Å². The van der Waals surface area contributed by atoms with E-state index in [0.717, 1.165) is 0 Å². The number of hydrogen-bond acceptors (Lipinski definition) is 8. The van der Waals surface area contributed by atoms with Crippen LogP contribution in [0.3, 0.4) is 0 Å². The van der Waals surface area contributed by atoms with Crippen LogP contribution in [0, 0.1) is 34.0 Å². The van der Waals surface area contributed by atoms with E-state index < -0.39 is 76.3 Å². The minimum Gasteiger partial charge on any atom is -0.457 e. The lowest BCUT2D eigenvalue weighted by Crippen LogP contribution is -2.59. The molecule has 2 spiro atoms. The molecule has 0 aromatic rings. The molecule has 5 unspecified atom stereocenters. The van der Waals surface area contributed by atoms with Gasteiger partial charge in [-0.25, -0.2) is 4.79 Å². The molecular weight excluding hydrogens is 368 g/mol. The summed E-state index contributed by atoms with van der Waals surface area (Å²) >= 11 is 0. The predicted molar refractivity (Wildman–Crippen MR) is 90.4 cm³/mol. The standard InChI is InChI=1S/C20H26O8/c1-7-6-25-11-9(7)20-15(24)27-14-10(22)12(17(2,3)4)18(19(14,20)13(11)23)5-8(21)26-16(18)28-20/h7,9-14,16,22-23H,5-6H2,1-4H3/t7-,9+,10-,11?,12+,13+,14?,16+,18?,19?,20?/m1/s1. The third kappa shape index (κ3) is 1.35. The van der Waals surface area contributed by atoms with Crippen molar-refractivity contribution in [3.05, 3.63) is 0 Å². The van der Waals surface area contributed by atoms with Crippen LogP contribution in [0.25, 0.3) is 0 Å². The van der Waals surface area contributed by atoms with Gasteiger partial charge in [-0.3, -0.25) is 4.79 Å². The first-order chi connectivity index (χ1) is 13.0. The van der Waals surface area contributed by atoms with Crippen LogP contribution in [0.5, 0.6) is 0 Å². The monoisotopic (exact) mass is 394 g/mol. The second-order valence-electron chi connectivity index (χ2n) is 10.7. The highest BCUT2D eigenvalue weighted by molar-refractivity contribution is 5.89. The fourth-order valence-electron chi connectivity index (χ4n) is 8.40.